The Morgan fingerprint density at radius 2 is 2.18 bits per heavy atom. The molecule has 3 nitrogen and oxygen atoms in total. The van der Waals surface area contributed by atoms with E-state index < -0.39 is 0 Å². The zero-order chi connectivity index (χ0) is 8.69. The fourth-order valence-electron chi connectivity index (χ4n) is 0.732. The minimum atomic E-state index is -0.297. The molecule has 11 heavy (non-hydrogen) atoms. The highest BCUT2D eigenvalue weighted by Crippen LogP contribution is 1.94. The third-order valence-corrected chi connectivity index (χ3v) is 1.18. The molecule has 0 fully saturated rings. The first-order chi connectivity index (χ1) is 5.26. The fourth-order valence-corrected chi connectivity index (χ4v) is 0.732. The zero-order valence-electron chi connectivity index (χ0n) is 7.31. The van der Waals surface area contributed by atoms with Crippen LogP contribution in [0.5, 0.6) is 0 Å². The lowest BCUT2D eigenvalue weighted by atomic mass is 10.3. The lowest BCUT2D eigenvalue weighted by Gasteiger charge is -2.05. The number of likely N-dealkylation sites (N-methyl/N-ethyl adjacent to an activating group) is 1. The predicted octanol–water partition coefficient (Wildman–Crippen LogP) is 1.06. The van der Waals surface area contributed by atoms with Crippen molar-refractivity contribution in [3.63, 3.8) is 0 Å². The van der Waals surface area contributed by atoms with Crippen LogP contribution in [0.15, 0.2) is 11.8 Å². The van der Waals surface area contributed by atoms with Crippen LogP contribution in [0.1, 0.15) is 20.3 Å². The second-order valence-corrected chi connectivity index (χ2v) is 2.05. The molecule has 0 aromatic heterocycles. The Bertz CT molecular complexity index is 152. The Hall–Kier alpha value is -0.990. The number of methoxy groups -OCH3 is 1. The van der Waals surface area contributed by atoms with E-state index in [0.29, 0.717) is 5.70 Å². The van der Waals surface area contributed by atoms with Crippen molar-refractivity contribution in [1.82, 2.24) is 5.32 Å². The van der Waals surface area contributed by atoms with Crippen molar-refractivity contribution < 1.29 is 9.53 Å². The van der Waals surface area contributed by atoms with Crippen molar-refractivity contribution in [3.8, 4) is 0 Å². The van der Waals surface area contributed by atoms with Crippen molar-refractivity contribution in [2.24, 2.45) is 0 Å². The minimum Gasteiger partial charge on any atom is -0.464 e. The van der Waals surface area contributed by atoms with E-state index in [4.69, 9.17) is 0 Å². The van der Waals surface area contributed by atoms with Gasteiger partial charge in [-0.2, -0.15) is 0 Å². The summed E-state index contributed by atoms with van der Waals surface area (Å²) in [4.78, 5) is 10.9. The molecule has 0 amide bonds. The topological polar surface area (TPSA) is 38.3 Å². The summed E-state index contributed by atoms with van der Waals surface area (Å²) in [6.07, 6.45) is 2.65. The average Bonchev–Trinajstić information content (AvgIpc) is 2.03. The summed E-state index contributed by atoms with van der Waals surface area (Å²) in [5.74, 6) is -0.297. The van der Waals surface area contributed by atoms with Crippen molar-refractivity contribution in [3.05, 3.63) is 11.8 Å². The molecule has 64 valence electrons. The molecule has 0 atom stereocenters. The van der Waals surface area contributed by atoms with Crippen LogP contribution < -0.4 is 5.32 Å². The maximum Gasteiger partial charge on any atom is 0.353 e. The Morgan fingerprint density at radius 1 is 1.55 bits per heavy atom. The number of hydrogen-bond donors (Lipinski definition) is 1. The standard InChI is InChI=1S/C8H15NO2/c1-4-6-7(9-5-2)8(10)11-3/h6,9H,4-5H2,1-3H3. The summed E-state index contributed by atoms with van der Waals surface area (Å²) in [5, 5.41) is 2.92. The SMILES string of the molecule is CCC=C(NCC)C(=O)OC. The summed E-state index contributed by atoms with van der Waals surface area (Å²) < 4.78 is 4.55. The highest BCUT2D eigenvalue weighted by atomic mass is 16.5. The molecule has 0 aromatic rings. The molecule has 0 aliphatic heterocycles. The van der Waals surface area contributed by atoms with E-state index in [1.54, 1.807) is 0 Å². The molecule has 0 rings (SSSR count). The van der Waals surface area contributed by atoms with E-state index in [-0.39, 0.29) is 5.97 Å². The third kappa shape index (κ3) is 3.65. The van der Waals surface area contributed by atoms with Crippen molar-refractivity contribution >= 4 is 5.97 Å². The van der Waals surface area contributed by atoms with E-state index in [0.717, 1.165) is 13.0 Å². The van der Waals surface area contributed by atoms with Gasteiger partial charge in [-0.3, -0.25) is 0 Å². The molecule has 0 bridgehead atoms. The Kier molecular flexibility index (Phi) is 5.25. The number of ether oxygens (including phenoxy) is 1. The first kappa shape index (κ1) is 10.0. The lowest BCUT2D eigenvalue weighted by molar-refractivity contribution is -0.136. The van der Waals surface area contributed by atoms with Gasteiger partial charge in [0.05, 0.1) is 7.11 Å². The summed E-state index contributed by atoms with van der Waals surface area (Å²) in [6, 6.07) is 0. The summed E-state index contributed by atoms with van der Waals surface area (Å²) in [7, 11) is 1.38. The van der Waals surface area contributed by atoms with Gasteiger partial charge in [-0.1, -0.05) is 13.0 Å². The molecular formula is C8H15NO2. The number of hydrogen-bond acceptors (Lipinski definition) is 3. The van der Waals surface area contributed by atoms with Crippen molar-refractivity contribution in [1.29, 1.82) is 0 Å². The number of carbonyl (C=O) groups is 1. The maximum atomic E-state index is 10.9. The van der Waals surface area contributed by atoms with Crippen LogP contribution in [0.25, 0.3) is 0 Å². The number of rotatable bonds is 4. The summed E-state index contributed by atoms with van der Waals surface area (Å²) in [6.45, 7) is 4.65. The van der Waals surface area contributed by atoms with E-state index in [1.807, 2.05) is 19.9 Å². The van der Waals surface area contributed by atoms with E-state index in [9.17, 15) is 4.79 Å². The van der Waals surface area contributed by atoms with Crippen LogP contribution in [0, 0.1) is 0 Å². The van der Waals surface area contributed by atoms with Gasteiger partial charge in [0.2, 0.25) is 0 Å². The summed E-state index contributed by atoms with van der Waals surface area (Å²) in [5.41, 5.74) is 0.553. The third-order valence-electron chi connectivity index (χ3n) is 1.18. The second kappa shape index (κ2) is 5.77. The maximum absolute atomic E-state index is 10.9. The molecule has 0 heterocycles. The van der Waals surface area contributed by atoms with Gasteiger partial charge >= 0.3 is 5.97 Å². The van der Waals surface area contributed by atoms with Crippen LogP contribution in [0.2, 0.25) is 0 Å². The molecule has 0 unspecified atom stereocenters. The van der Waals surface area contributed by atoms with E-state index in [1.165, 1.54) is 7.11 Å². The molecule has 3 heteroatoms. The van der Waals surface area contributed by atoms with E-state index >= 15 is 0 Å². The molecule has 0 aromatic carbocycles. The highest BCUT2D eigenvalue weighted by molar-refractivity contribution is 5.87. The first-order valence-electron chi connectivity index (χ1n) is 3.78. The van der Waals surface area contributed by atoms with Gasteiger partial charge in [-0.05, 0) is 13.3 Å². The molecule has 0 saturated heterocycles. The van der Waals surface area contributed by atoms with Crippen LogP contribution in [0.3, 0.4) is 0 Å². The lowest BCUT2D eigenvalue weighted by Crippen LogP contribution is -2.21. The molecule has 1 N–H and O–H groups in total. The molecule has 0 spiro atoms. The van der Waals surface area contributed by atoms with Gasteiger partial charge in [-0.15, -0.1) is 0 Å². The summed E-state index contributed by atoms with van der Waals surface area (Å²) >= 11 is 0. The number of nitrogens with one attached hydrogen (secondary N) is 1. The number of carbonyl (C=O) groups excluding carboxylic acids is 1. The molecule has 0 saturated carbocycles. The van der Waals surface area contributed by atoms with Gasteiger partial charge in [0.1, 0.15) is 5.70 Å². The van der Waals surface area contributed by atoms with E-state index in [2.05, 4.69) is 10.1 Å². The Labute approximate surface area is 67.4 Å². The zero-order valence-corrected chi connectivity index (χ0v) is 7.31. The van der Waals surface area contributed by atoms with Crippen molar-refractivity contribution in [2.45, 2.75) is 20.3 Å². The molecule has 0 aliphatic carbocycles. The second-order valence-electron chi connectivity index (χ2n) is 2.05. The molecular weight excluding hydrogens is 142 g/mol. The predicted molar refractivity (Wildman–Crippen MR) is 44.1 cm³/mol. The van der Waals surface area contributed by atoms with Crippen LogP contribution in [-0.2, 0) is 9.53 Å². The van der Waals surface area contributed by atoms with Gasteiger partial charge in [0.15, 0.2) is 0 Å². The quantitative estimate of drug-likeness (QED) is 0.490. The van der Waals surface area contributed by atoms with Crippen LogP contribution in [-0.4, -0.2) is 19.6 Å². The smallest absolute Gasteiger partial charge is 0.353 e. The fraction of sp³-hybridized carbons (Fsp3) is 0.625. The largest absolute Gasteiger partial charge is 0.464 e. The normalized spacial score (nSPS) is 11.0. The van der Waals surface area contributed by atoms with Gasteiger partial charge in [-0.25, -0.2) is 4.79 Å². The molecule has 0 aliphatic rings. The average molecular weight is 157 g/mol. The Balaban J connectivity index is 4.09. The first-order valence-corrected chi connectivity index (χ1v) is 3.78. The van der Waals surface area contributed by atoms with Gasteiger partial charge < -0.3 is 10.1 Å². The van der Waals surface area contributed by atoms with Crippen LogP contribution in [0.4, 0.5) is 0 Å². The highest BCUT2D eigenvalue weighted by Gasteiger charge is 2.05. The van der Waals surface area contributed by atoms with Crippen LogP contribution >= 0.6 is 0 Å². The minimum absolute atomic E-state index is 0.297. The van der Waals surface area contributed by atoms with Gasteiger partial charge in [0, 0.05) is 6.54 Å². The Morgan fingerprint density at radius 3 is 2.55 bits per heavy atom. The monoisotopic (exact) mass is 157 g/mol. The number of esters is 1. The van der Waals surface area contributed by atoms with Crippen molar-refractivity contribution in [2.75, 3.05) is 13.7 Å². The van der Waals surface area contributed by atoms with Gasteiger partial charge in [0.25, 0.3) is 0 Å². The molecule has 0 radical (unpaired) electrons. The number of allylic oxidation sites excluding steroid dienone is 1.